The zero-order valence-corrected chi connectivity index (χ0v) is 20.6. The fourth-order valence-corrected chi connectivity index (χ4v) is 4.56. The van der Waals surface area contributed by atoms with E-state index in [0.29, 0.717) is 43.5 Å². The Labute approximate surface area is 215 Å². The molecule has 5 aliphatic heterocycles. The van der Waals surface area contributed by atoms with E-state index in [1.807, 2.05) is 24.3 Å². The number of primary amides is 1. The lowest BCUT2D eigenvalue weighted by molar-refractivity contribution is -0.122. The van der Waals surface area contributed by atoms with Gasteiger partial charge in [0.05, 0.1) is 6.54 Å². The molecule has 0 unspecified atom stereocenters. The lowest BCUT2D eigenvalue weighted by Gasteiger charge is -2.34. The third kappa shape index (κ3) is 6.38. The van der Waals surface area contributed by atoms with Crippen LogP contribution in [0.1, 0.15) is 22.3 Å². The Morgan fingerprint density at radius 1 is 0.865 bits per heavy atom. The van der Waals surface area contributed by atoms with Crippen LogP contribution < -0.4 is 21.7 Å². The third-order valence-electron chi connectivity index (χ3n) is 6.57. The smallest absolute Gasteiger partial charge is 0.249 e. The van der Waals surface area contributed by atoms with Crippen molar-refractivity contribution in [1.82, 2.24) is 30.1 Å². The van der Waals surface area contributed by atoms with E-state index in [2.05, 4.69) is 40.7 Å². The van der Waals surface area contributed by atoms with Crippen LogP contribution in [0, 0.1) is 0 Å². The maximum absolute atomic E-state index is 12.4. The van der Waals surface area contributed by atoms with Crippen molar-refractivity contribution in [3.8, 4) is 11.1 Å². The molecule has 11 heteroatoms. The molecule has 0 spiro atoms. The molecular weight excluding hydrogens is 470 g/mol. The maximum atomic E-state index is 12.4. The molecule has 0 radical (unpaired) electrons. The second-order valence-corrected chi connectivity index (χ2v) is 9.27. The summed E-state index contributed by atoms with van der Waals surface area (Å²) in [4.78, 5) is 42.2. The highest BCUT2D eigenvalue weighted by atomic mass is 16.2. The molecule has 2 amide bonds. The summed E-state index contributed by atoms with van der Waals surface area (Å²) in [6, 6.07) is 9.38. The Kier molecular flexibility index (Phi) is 7.52. The van der Waals surface area contributed by atoms with Crippen LogP contribution in [0.15, 0.2) is 48.9 Å². The van der Waals surface area contributed by atoms with Gasteiger partial charge in [0.25, 0.3) is 0 Å². The summed E-state index contributed by atoms with van der Waals surface area (Å²) in [7, 11) is 0. The van der Waals surface area contributed by atoms with E-state index < -0.39 is 5.91 Å². The third-order valence-corrected chi connectivity index (χ3v) is 6.57. The van der Waals surface area contributed by atoms with E-state index in [9.17, 15) is 9.59 Å². The predicted molar refractivity (Wildman–Crippen MR) is 141 cm³/mol. The zero-order chi connectivity index (χ0) is 25.6. The van der Waals surface area contributed by atoms with Gasteiger partial charge in [0.1, 0.15) is 5.82 Å². The van der Waals surface area contributed by atoms with Gasteiger partial charge in [-0.2, -0.15) is 0 Å². The van der Waals surface area contributed by atoms with E-state index in [1.165, 1.54) is 0 Å². The first-order chi connectivity index (χ1) is 18.0. The van der Waals surface area contributed by atoms with Crippen LogP contribution in [0.3, 0.4) is 0 Å². The van der Waals surface area contributed by atoms with Gasteiger partial charge in [-0.3, -0.25) is 19.4 Å². The molecule has 11 nitrogen and oxygen atoms in total. The summed E-state index contributed by atoms with van der Waals surface area (Å²) in [5.74, 6) is 0.785. The molecule has 5 N–H and O–H groups in total. The molecule has 0 saturated carbocycles. The predicted octanol–water partition coefficient (Wildman–Crippen LogP) is 1.43. The maximum Gasteiger partial charge on any atom is 0.249 e. The molecule has 5 aliphatic rings. The van der Waals surface area contributed by atoms with Gasteiger partial charge >= 0.3 is 0 Å². The number of nitrogens with one attached hydrogen (secondary N) is 3. The number of nitrogens with two attached hydrogens (primary N) is 1. The Morgan fingerprint density at radius 2 is 1.59 bits per heavy atom. The Balaban J connectivity index is 1.41. The Morgan fingerprint density at radius 3 is 2.35 bits per heavy atom. The molecular formula is C26H31N9O2. The van der Waals surface area contributed by atoms with Gasteiger partial charge in [0, 0.05) is 81.2 Å². The second-order valence-electron chi connectivity index (χ2n) is 9.27. The number of amides is 2. The highest BCUT2D eigenvalue weighted by Crippen LogP contribution is 2.25. The normalized spacial score (nSPS) is 20.4. The molecule has 1 saturated heterocycles. The van der Waals surface area contributed by atoms with Crippen molar-refractivity contribution in [1.29, 1.82) is 0 Å². The molecule has 192 valence electrons. The number of carbonyl (C=O) groups excluding carboxylic acids is 2. The fraction of sp³-hybridized carbons (Fsp3) is 0.346. The Hall–Kier alpha value is -4.09. The topological polar surface area (TPSA) is 141 Å². The number of rotatable bonds is 1. The molecule has 7 heterocycles. The van der Waals surface area contributed by atoms with Gasteiger partial charge in [-0.1, -0.05) is 0 Å². The number of piperazine rings is 1. The first-order valence-electron chi connectivity index (χ1n) is 12.5. The minimum atomic E-state index is -0.452. The number of pyridine rings is 1. The van der Waals surface area contributed by atoms with Crippen LogP contribution in [0.4, 0.5) is 17.5 Å². The molecule has 0 aliphatic carbocycles. The van der Waals surface area contributed by atoms with Crippen molar-refractivity contribution in [3.63, 3.8) is 0 Å². The number of hydrogen-bond acceptors (Lipinski definition) is 9. The number of aromatic nitrogens is 3. The molecule has 0 atom stereocenters. The van der Waals surface area contributed by atoms with Crippen molar-refractivity contribution >= 4 is 29.3 Å². The summed E-state index contributed by atoms with van der Waals surface area (Å²) in [6.45, 7) is 5.38. The van der Waals surface area contributed by atoms with Gasteiger partial charge in [0.15, 0.2) is 0 Å². The number of carbonyl (C=O) groups is 2. The lowest BCUT2D eigenvalue weighted by Crippen LogP contribution is -2.49. The second kappa shape index (κ2) is 11.3. The van der Waals surface area contributed by atoms with Crippen molar-refractivity contribution in [3.05, 3.63) is 60.0 Å². The van der Waals surface area contributed by atoms with Gasteiger partial charge in [0.2, 0.25) is 17.8 Å². The monoisotopic (exact) mass is 501 g/mol. The van der Waals surface area contributed by atoms with E-state index in [-0.39, 0.29) is 5.91 Å². The molecule has 2 aromatic heterocycles. The van der Waals surface area contributed by atoms with Crippen molar-refractivity contribution in [2.24, 2.45) is 5.73 Å². The number of anilines is 3. The van der Waals surface area contributed by atoms with Gasteiger partial charge in [-0.25, -0.2) is 15.0 Å². The van der Waals surface area contributed by atoms with E-state index in [4.69, 9.17) is 5.73 Å². The molecule has 8 bridgehead atoms. The number of nitrogens with zero attached hydrogens (tertiary/aromatic N) is 5. The molecule has 37 heavy (non-hydrogen) atoms. The van der Waals surface area contributed by atoms with Crippen molar-refractivity contribution in [2.45, 2.75) is 13.0 Å². The quantitative estimate of drug-likeness (QED) is 0.390. The van der Waals surface area contributed by atoms with Crippen LogP contribution in [-0.2, 0) is 11.3 Å². The largest absolute Gasteiger partial charge is 0.366 e. The van der Waals surface area contributed by atoms with Crippen LogP contribution in [0.2, 0.25) is 0 Å². The summed E-state index contributed by atoms with van der Waals surface area (Å²) >= 11 is 0. The van der Waals surface area contributed by atoms with Crippen LogP contribution in [0.25, 0.3) is 11.1 Å². The average Bonchev–Trinajstić information content (AvgIpc) is 2.90. The van der Waals surface area contributed by atoms with Crippen molar-refractivity contribution < 1.29 is 9.59 Å². The first kappa shape index (κ1) is 24.6. The number of hydrogen-bond donors (Lipinski definition) is 4. The standard InChI is InChI=1S/C26H31N9O2/c27-25(37)22-3-2-21-12-19(22)16-34-8-10-35(11-9-34)17-24(36)29-5-1-6-30-26-31-14-20(15-32-26)18-4-7-28-23(13-18)33-21/h2-4,7,12-15H,1,5-6,8-11,16-17H2,(H2,27,37)(H,28,33)(H,29,36)(H,30,31,32). The SMILES string of the molecule is NC(=O)c1ccc2cc1CN1CCN(CC1)CC(=O)NCCCNc1ncc(cn1)-c1ccnc(c1)N2. The molecule has 1 aromatic carbocycles. The van der Waals surface area contributed by atoms with Gasteiger partial charge < -0.3 is 21.7 Å². The van der Waals surface area contributed by atoms with E-state index >= 15 is 0 Å². The van der Waals surface area contributed by atoms with E-state index in [1.54, 1.807) is 24.7 Å². The minimum absolute atomic E-state index is 0.0256. The van der Waals surface area contributed by atoms with Gasteiger partial charge in [-0.15, -0.1) is 0 Å². The average molecular weight is 502 g/mol. The zero-order valence-electron chi connectivity index (χ0n) is 20.6. The van der Waals surface area contributed by atoms with Crippen LogP contribution in [-0.4, -0.2) is 82.4 Å². The lowest BCUT2D eigenvalue weighted by atomic mass is 10.0. The van der Waals surface area contributed by atoms with Gasteiger partial charge in [-0.05, 0) is 47.9 Å². The molecule has 8 rings (SSSR count). The van der Waals surface area contributed by atoms with Crippen LogP contribution in [0.5, 0.6) is 0 Å². The highest BCUT2D eigenvalue weighted by molar-refractivity contribution is 5.95. The summed E-state index contributed by atoms with van der Waals surface area (Å²) in [5.41, 5.74) is 9.65. The summed E-state index contributed by atoms with van der Waals surface area (Å²) in [5, 5.41) is 9.53. The fourth-order valence-electron chi connectivity index (χ4n) is 4.56. The molecule has 3 aromatic rings. The number of benzene rings is 1. The van der Waals surface area contributed by atoms with E-state index in [0.717, 1.165) is 55.0 Å². The minimum Gasteiger partial charge on any atom is -0.366 e. The van der Waals surface area contributed by atoms with Crippen LogP contribution >= 0.6 is 0 Å². The summed E-state index contributed by atoms with van der Waals surface area (Å²) in [6.07, 6.45) is 6.04. The highest BCUT2D eigenvalue weighted by Gasteiger charge is 2.21. The Bertz CT molecular complexity index is 1260. The van der Waals surface area contributed by atoms with Crippen molar-refractivity contribution in [2.75, 3.05) is 56.4 Å². The molecule has 1 fully saturated rings. The summed E-state index contributed by atoms with van der Waals surface area (Å²) < 4.78 is 0. The first-order valence-corrected chi connectivity index (χ1v) is 12.5.